The van der Waals surface area contributed by atoms with Crippen molar-refractivity contribution in [2.24, 2.45) is 0 Å². The molecule has 1 aliphatic heterocycles. The third-order valence-electron chi connectivity index (χ3n) is 17.0. The summed E-state index contributed by atoms with van der Waals surface area (Å²) >= 11 is 0. The van der Waals surface area contributed by atoms with Crippen LogP contribution in [0.1, 0.15) is 361 Å². The van der Waals surface area contributed by atoms with Gasteiger partial charge in [0.1, 0.15) is 24.4 Å². The summed E-state index contributed by atoms with van der Waals surface area (Å²) < 4.78 is 11.3. The number of aliphatic hydroxyl groups excluding tert-OH is 5. The molecule has 0 aromatic carbocycles. The Labute approximate surface area is 489 Å². The van der Waals surface area contributed by atoms with Crippen molar-refractivity contribution in [2.45, 2.75) is 403 Å². The Morgan fingerprint density at radius 3 is 1.06 bits per heavy atom. The number of hydrogen-bond acceptors (Lipinski definition) is 8. The van der Waals surface area contributed by atoms with Gasteiger partial charge in [-0.05, 0) is 32.1 Å². The van der Waals surface area contributed by atoms with Gasteiger partial charge in [-0.3, -0.25) is 4.79 Å². The van der Waals surface area contributed by atoms with Gasteiger partial charge in [0, 0.05) is 6.42 Å². The molecular weight excluding hydrogens is 983 g/mol. The summed E-state index contributed by atoms with van der Waals surface area (Å²) in [5, 5.41) is 54.6. The van der Waals surface area contributed by atoms with Crippen molar-refractivity contribution in [2.75, 3.05) is 13.2 Å². The maximum absolute atomic E-state index is 13.1. The molecule has 79 heavy (non-hydrogen) atoms. The number of unbranched alkanes of at least 4 members (excludes halogenated alkanes) is 50. The number of allylic oxidation sites excluding steroid dienone is 3. The Kier molecular flexibility index (Phi) is 57.3. The molecule has 1 amide bonds. The minimum absolute atomic E-state index is 0.179. The fraction of sp³-hybridized carbons (Fsp3) is 0.929. The highest BCUT2D eigenvalue weighted by Gasteiger charge is 2.44. The molecule has 1 fully saturated rings. The summed E-state index contributed by atoms with van der Waals surface area (Å²) in [6.07, 6.45) is 71.8. The van der Waals surface area contributed by atoms with Gasteiger partial charge in [-0.25, -0.2) is 0 Å². The van der Waals surface area contributed by atoms with E-state index in [-0.39, 0.29) is 12.5 Å². The molecule has 1 heterocycles. The fourth-order valence-electron chi connectivity index (χ4n) is 11.5. The van der Waals surface area contributed by atoms with Crippen LogP contribution in [0, 0.1) is 0 Å². The molecule has 0 saturated carbocycles. The van der Waals surface area contributed by atoms with E-state index in [1.165, 1.54) is 302 Å². The highest BCUT2D eigenvalue weighted by Crippen LogP contribution is 2.23. The first-order valence-electron chi connectivity index (χ1n) is 35.1. The standard InChI is InChI=1S/C70H135NO8/c1-3-5-7-9-11-13-15-17-19-21-22-23-24-25-26-27-28-29-30-31-32-33-34-35-36-37-38-39-40-41-42-43-44-46-48-50-52-54-56-58-60-66(74)71-63(62-78-70-69(77)68(76)67(75)65(61-72)79-70)64(73)59-57-55-53-51-49-47-45-20-18-16-14-12-10-8-6-4-2/h49,51,57,59,63-65,67-70,72-73,75-77H,3-48,50,52-56,58,60-62H2,1-2H3,(H,71,74)/b51-49+,59-57+. The van der Waals surface area contributed by atoms with Gasteiger partial charge in [0.15, 0.2) is 6.29 Å². The molecule has 1 aliphatic rings. The molecule has 468 valence electrons. The van der Waals surface area contributed by atoms with Gasteiger partial charge in [0.2, 0.25) is 5.91 Å². The molecule has 9 nitrogen and oxygen atoms in total. The van der Waals surface area contributed by atoms with Crippen LogP contribution in [0.25, 0.3) is 0 Å². The van der Waals surface area contributed by atoms with E-state index in [2.05, 4.69) is 31.3 Å². The number of amides is 1. The monoisotopic (exact) mass is 1120 g/mol. The van der Waals surface area contributed by atoms with Crippen molar-refractivity contribution in [3.05, 3.63) is 24.3 Å². The van der Waals surface area contributed by atoms with E-state index in [1.807, 2.05) is 6.08 Å². The molecule has 1 rings (SSSR count). The van der Waals surface area contributed by atoms with E-state index < -0.39 is 49.5 Å². The van der Waals surface area contributed by atoms with Crippen LogP contribution >= 0.6 is 0 Å². The quantitative estimate of drug-likeness (QED) is 0.0261. The highest BCUT2D eigenvalue weighted by molar-refractivity contribution is 5.76. The lowest BCUT2D eigenvalue weighted by Gasteiger charge is -2.40. The zero-order valence-electron chi connectivity index (χ0n) is 52.4. The molecular formula is C70H135NO8. The molecule has 7 atom stereocenters. The number of carbonyl (C=O) groups excluding carboxylic acids is 1. The van der Waals surface area contributed by atoms with Crippen molar-refractivity contribution in [3.8, 4) is 0 Å². The predicted molar refractivity (Wildman–Crippen MR) is 337 cm³/mol. The van der Waals surface area contributed by atoms with Crippen LogP contribution < -0.4 is 5.32 Å². The number of ether oxygens (including phenoxy) is 2. The minimum Gasteiger partial charge on any atom is -0.394 e. The third kappa shape index (κ3) is 48.7. The zero-order chi connectivity index (χ0) is 57.2. The zero-order valence-corrected chi connectivity index (χ0v) is 52.4. The minimum atomic E-state index is -1.57. The topological polar surface area (TPSA) is 149 Å². The summed E-state index contributed by atoms with van der Waals surface area (Å²) in [7, 11) is 0. The summed E-state index contributed by atoms with van der Waals surface area (Å²) in [6, 6.07) is -0.819. The van der Waals surface area contributed by atoms with Gasteiger partial charge in [-0.2, -0.15) is 0 Å². The van der Waals surface area contributed by atoms with Gasteiger partial charge in [-0.15, -0.1) is 0 Å². The molecule has 0 aliphatic carbocycles. The number of carbonyl (C=O) groups is 1. The maximum Gasteiger partial charge on any atom is 0.220 e. The first-order valence-corrected chi connectivity index (χ1v) is 35.1. The first kappa shape index (κ1) is 75.7. The maximum atomic E-state index is 13.1. The summed E-state index contributed by atoms with van der Waals surface area (Å²) in [5.41, 5.74) is 0. The average Bonchev–Trinajstić information content (AvgIpc) is 3.47. The van der Waals surface area contributed by atoms with Crippen LogP contribution in [0.4, 0.5) is 0 Å². The van der Waals surface area contributed by atoms with Crippen LogP contribution in [-0.4, -0.2) is 87.5 Å². The van der Waals surface area contributed by atoms with Crippen molar-refractivity contribution >= 4 is 5.91 Å². The second-order valence-corrected chi connectivity index (χ2v) is 24.7. The van der Waals surface area contributed by atoms with Crippen LogP contribution in [0.5, 0.6) is 0 Å². The summed E-state index contributed by atoms with van der Waals surface area (Å²) in [5.74, 6) is -0.179. The Morgan fingerprint density at radius 2 is 0.722 bits per heavy atom. The fourth-order valence-corrected chi connectivity index (χ4v) is 11.5. The number of nitrogens with one attached hydrogen (secondary N) is 1. The van der Waals surface area contributed by atoms with E-state index in [4.69, 9.17) is 9.47 Å². The van der Waals surface area contributed by atoms with E-state index in [0.717, 1.165) is 38.5 Å². The molecule has 0 aromatic rings. The van der Waals surface area contributed by atoms with E-state index in [0.29, 0.717) is 6.42 Å². The lowest BCUT2D eigenvalue weighted by Crippen LogP contribution is -2.60. The third-order valence-corrected chi connectivity index (χ3v) is 17.0. The normalized spacial score (nSPS) is 18.6. The molecule has 0 radical (unpaired) electrons. The van der Waals surface area contributed by atoms with Gasteiger partial charge in [0.25, 0.3) is 0 Å². The predicted octanol–water partition coefficient (Wildman–Crippen LogP) is 18.9. The Balaban J connectivity index is 2.02. The average molecular weight is 1120 g/mol. The first-order chi connectivity index (χ1) is 38.8. The van der Waals surface area contributed by atoms with Crippen molar-refractivity contribution in [1.29, 1.82) is 0 Å². The number of hydrogen-bond donors (Lipinski definition) is 6. The molecule has 9 heteroatoms. The molecule has 6 N–H and O–H groups in total. The SMILES string of the molecule is CCCCCCCCCCCC/C=C/CC/C=C/C(O)C(COC1OC(CO)C(O)C(O)C1O)NC(=O)CCCCCCCCCCCCCCCCCCCCCCCCCCCCCCCCCCCCCCCCCC. The van der Waals surface area contributed by atoms with Crippen LogP contribution in [-0.2, 0) is 14.3 Å². The molecule has 0 spiro atoms. The van der Waals surface area contributed by atoms with Gasteiger partial charge >= 0.3 is 0 Å². The summed E-state index contributed by atoms with van der Waals surface area (Å²) in [4.78, 5) is 13.1. The van der Waals surface area contributed by atoms with Gasteiger partial charge < -0.3 is 40.3 Å². The van der Waals surface area contributed by atoms with Gasteiger partial charge in [-0.1, -0.05) is 346 Å². The highest BCUT2D eigenvalue weighted by atomic mass is 16.7. The van der Waals surface area contributed by atoms with Gasteiger partial charge in [0.05, 0.1) is 25.4 Å². The van der Waals surface area contributed by atoms with E-state index >= 15 is 0 Å². The molecule has 7 unspecified atom stereocenters. The van der Waals surface area contributed by atoms with E-state index in [9.17, 15) is 30.3 Å². The van der Waals surface area contributed by atoms with Crippen molar-refractivity contribution < 1.29 is 39.8 Å². The second kappa shape index (κ2) is 59.8. The lowest BCUT2D eigenvalue weighted by atomic mass is 9.99. The smallest absolute Gasteiger partial charge is 0.220 e. The van der Waals surface area contributed by atoms with Crippen molar-refractivity contribution in [3.63, 3.8) is 0 Å². The number of aliphatic hydroxyl groups is 5. The molecule has 0 bridgehead atoms. The Hall–Kier alpha value is -1.33. The Morgan fingerprint density at radius 1 is 0.418 bits per heavy atom. The van der Waals surface area contributed by atoms with Crippen LogP contribution in [0.2, 0.25) is 0 Å². The summed E-state index contributed by atoms with van der Waals surface area (Å²) in [6.45, 7) is 3.80. The van der Waals surface area contributed by atoms with Crippen LogP contribution in [0.3, 0.4) is 0 Å². The Bertz CT molecular complexity index is 1300. The molecule has 0 aromatic heterocycles. The second-order valence-electron chi connectivity index (χ2n) is 24.7. The van der Waals surface area contributed by atoms with Crippen molar-refractivity contribution in [1.82, 2.24) is 5.32 Å². The lowest BCUT2D eigenvalue weighted by molar-refractivity contribution is -0.302. The number of rotatable bonds is 62. The largest absolute Gasteiger partial charge is 0.394 e. The van der Waals surface area contributed by atoms with E-state index in [1.54, 1.807) is 6.08 Å². The molecule has 1 saturated heterocycles. The van der Waals surface area contributed by atoms with Crippen LogP contribution in [0.15, 0.2) is 24.3 Å².